The Morgan fingerprint density at radius 3 is 2.48 bits per heavy atom. The predicted octanol–water partition coefficient (Wildman–Crippen LogP) is 2.79. The number of halogens is 1. The minimum absolute atomic E-state index is 0.0453. The van der Waals surface area contributed by atoms with Gasteiger partial charge in [0.2, 0.25) is 0 Å². The minimum atomic E-state index is -3.64. The highest BCUT2D eigenvalue weighted by Gasteiger charge is 2.33. The van der Waals surface area contributed by atoms with E-state index in [2.05, 4.69) is 0 Å². The van der Waals surface area contributed by atoms with Gasteiger partial charge in [0.15, 0.2) is 0 Å². The molecule has 25 heavy (non-hydrogen) atoms. The molecule has 0 bridgehead atoms. The van der Waals surface area contributed by atoms with Crippen molar-refractivity contribution in [2.75, 3.05) is 20.2 Å². The van der Waals surface area contributed by atoms with Gasteiger partial charge in [0.1, 0.15) is 11.6 Å². The molecule has 0 N–H and O–H groups in total. The Labute approximate surface area is 147 Å². The van der Waals surface area contributed by atoms with E-state index in [0.29, 0.717) is 30.8 Å². The second-order valence-corrected chi connectivity index (χ2v) is 7.90. The molecule has 5 nitrogen and oxygen atoms in total. The van der Waals surface area contributed by atoms with E-state index in [4.69, 9.17) is 4.74 Å². The molecule has 3 rings (SSSR count). The molecule has 134 valence electrons. The van der Waals surface area contributed by atoms with Crippen LogP contribution >= 0.6 is 0 Å². The van der Waals surface area contributed by atoms with Crippen LogP contribution in [0.5, 0.6) is 5.75 Å². The fraction of sp³-hybridized carbons (Fsp3) is 0.333. The third-order valence-electron chi connectivity index (χ3n) is 4.27. The van der Waals surface area contributed by atoms with Crippen LogP contribution < -0.4 is 4.74 Å². The molecule has 1 aliphatic heterocycles. The van der Waals surface area contributed by atoms with Crippen molar-refractivity contribution in [3.8, 4) is 5.75 Å². The lowest BCUT2D eigenvalue weighted by Crippen LogP contribution is -2.48. The number of benzene rings is 2. The number of rotatable bonds is 5. The van der Waals surface area contributed by atoms with E-state index in [0.717, 1.165) is 5.56 Å². The molecule has 7 heteroatoms. The van der Waals surface area contributed by atoms with E-state index in [1.807, 2.05) is 24.3 Å². The molecule has 1 heterocycles. The third kappa shape index (κ3) is 4.00. The van der Waals surface area contributed by atoms with Crippen molar-refractivity contribution in [1.29, 1.82) is 0 Å². The van der Waals surface area contributed by atoms with Crippen molar-refractivity contribution < 1.29 is 17.5 Å². The molecule has 0 amide bonds. The zero-order valence-corrected chi connectivity index (χ0v) is 14.9. The lowest BCUT2D eigenvalue weighted by Gasteiger charge is -2.34. The summed E-state index contributed by atoms with van der Waals surface area (Å²) in [5.41, 5.74) is 1.24. The molecule has 0 radical (unpaired) electrons. The Bertz CT molecular complexity index is 842. The van der Waals surface area contributed by atoms with Crippen LogP contribution in [-0.4, -0.2) is 37.2 Å². The Morgan fingerprint density at radius 2 is 1.76 bits per heavy atom. The van der Waals surface area contributed by atoms with Crippen molar-refractivity contribution in [2.45, 2.75) is 19.5 Å². The van der Waals surface area contributed by atoms with Crippen LogP contribution in [0.1, 0.15) is 17.5 Å². The summed E-state index contributed by atoms with van der Waals surface area (Å²) >= 11 is 0. The van der Waals surface area contributed by atoms with Gasteiger partial charge in [-0.15, -0.1) is 0 Å². The molecular weight excluding hydrogens is 343 g/mol. The lowest BCUT2D eigenvalue weighted by molar-refractivity contribution is 0.274. The van der Waals surface area contributed by atoms with Gasteiger partial charge in [-0.2, -0.15) is 17.0 Å². The van der Waals surface area contributed by atoms with E-state index in [1.165, 1.54) is 14.7 Å². The molecule has 0 spiro atoms. The maximum Gasteiger partial charge on any atom is 0.282 e. The molecule has 1 fully saturated rings. The summed E-state index contributed by atoms with van der Waals surface area (Å²) in [4.78, 5) is 0. The van der Waals surface area contributed by atoms with Gasteiger partial charge in [-0.05, 0) is 30.2 Å². The fourth-order valence-corrected chi connectivity index (χ4v) is 4.59. The smallest absolute Gasteiger partial charge is 0.282 e. The van der Waals surface area contributed by atoms with Crippen molar-refractivity contribution in [1.82, 2.24) is 8.61 Å². The molecule has 1 saturated heterocycles. The zero-order chi connectivity index (χ0) is 17.9. The van der Waals surface area contributed by atoms with Crippen LogP contribution in [0.3, 0.4) is 0 Å². The molecule has 0 atom stereocenters. The summed E-state index contributed by atoms with van der Waals surface area (Å²) in [6, 6.07) is 13.6. The van der Waals surface area contributed by atoms with Crippen LogP contribution in [0, 0.1) is 5.82 Å². The first-order valence-corrected chi connectivity index (χ1v) is 9.52. The molecule has 0 saturated carbocycles. The van der Waals surface area contributed by atoms with Gasteiger partial charge in [0, 0.05) is 31.7 Å². The molecule has 1 aliphatic rings. The van der Waals surface area contributed by atoms with Crippen LogP contribution in [0.2, 0.25) is 0 Å². The first kappa shape index (κ1) is 17.8. The molecule has 0 unspecified atom stereocenters. The third-order valence-corrected chi connectivity index (χ3v) is 6.19. The Balaban J connectivity index is 1.78. The highest BCUT2D eigenvalue weighted by atomic mass is 32.2. The molecule has 2 aromatic carbocycles. The second kappa shape index (κ2) is 7.51. The molecule has 0 aromatic heterocycles. The maximum atomic E-state index is 13.9. The van der Waals surface area contributed by atoms with Crippen molar-refractivity contribution in [3.63, 3.8) is 0 Å². The average Bonchev–Trinajstić information content (AvgIpc) is 2.60. The number of nitrogens with zero attached hydrogens (tertiary/aromatic N) is 2. The largest absolute Gasteiger partial charge is 0.497 e. The summed E-state index contributed by atoms with van der Waals surface area (Å²) in [6.07, 6.45) is 0.706. The van der Waals surface area contributed by atoms with Gasteiger partial charge in [-0.1, -0.05) is 30.3 Å². The number of hydrogen-bond acceptors (Lipinski definition) is 3. The van der Waals surface area contributed by atoms with Gasteiger partial charge in [-0.25, -0.2) is 4.39 Å². The van der Waals surface area contributed by atoms with Gasteiger partial charge in [-0.3, -0.25) is 0 Å². The normalized spacial score (nSPS) is 18.2. The van der Waals surface area contributed by atoms with E-state index >= 15 is 0 Å². The second-order valence-electron chi connectivity index (χ2n) is 5.97. The number of methoxy groups -OCH3 is 1. The Morgan fingerprint density at radius 1 is 1.04 bits per heavy atom. The Kier molecular flexibility index (Phi) is 5.36. The van der Waals surface area contributed by atoms with Crippen LogP contribution in [-0.2, 0) is 23.3 Å². The van der Waals surface area contributed by atoms with Crippen molar-refractivity contribution in [3.05, 3.63) is 65.5 Å². The molecule has 0 aliphatic carbocycles. The standard InChI is InChI=1S/C18H21FN2O3S/c1-24-17-8-4-6-15(12-17)13-20-10-5-11-21(25(20,22)23)14-16-7-2-3-9-18(16)19/h2-4,6-9,12H,5,10-11,13-14H2,1H3. The SMILES string of the molecule is COc1cccc(CN2CCCN(Cc3ccccc3F)S2(=O)=O)c1. The lowest BCUT2D eigenvalue weighted by atomic mass is 10.2. The van der Waals surface area contributed by atoms with Crippen LogP contribution in [0.25, 0.3) is 0 Å². The number of ether oxygens (including phenoxy) is 1. The zero-order valence-electron chi connectivity index (χ0n) is 14.1. The van der Waals surface area contributed by atoms with Gasteiger partial charge < -0.3 is 4.74 Å². The Hall–Kier alpha value is -1.96. The van der Waals surface area contributed by atoms with Gasteiger partial charge >= 0.3 is 0 Å². The topological polar surface area (TPSA) is 49.9 Å². The summed E-state index contributed by atoms with van der Waals surface area (Å²) in [5, 5.41) is 0. The molecular formula is C18H21FN2O3S. The highest BCUT2D eigenvalue weighted by Crippen LogP contribution is 2.23. The monoisotopic (exact) mass is 364 g/mol. The highest BCUT2D eigenvalue weighted by molar-refractivity contribution is 7.86. The average molecular weight is 364 g/mol. The summed E-state index contributed by atoms with van der Waals surface area (Å²) in [5.74, 6) is 0.303. The first-order valence-electron chi connectivity index (χ1n) is 8.12. The van der Waals surface area contributed by atoms with E-state index in [-0.39, 0.29) is 18.9 Å². The van der Waals surface area contributed by atoms with E-state index in [9.17, 15) is 12.8 Å². The van der Waals surface area contributed by atoms with Crippen molar-refractivity contribution in [2.24, 2.45) is 0 Å². The van der Waals surface area contributed by atoms with Crippen molar-refractivity contribution >= 4 is 10.2 Å². The van der Waals surface area contributed by atoms with E-state index < -0.39 is 10.2 Å². The molecule has 2 aromatic rings. The quantitative estimate of drug-likeness (QED) is 0.820. The van der Waals surface area contributed by atoms with Gasteiger partial charge in [0.05, 0.1) is 7.11 Å². The fourth-order valence-electron chi connectivity index (χ4n) is 2.93. The first-order chi connectivity index (χ1) is 12.0. The summed E-state index contributed by atoms with van der Waals surface area (Å²) in [7, 11) is -2.06. The van der Waals surface area contributed by atoms with Crippen LogP contribution in [0.4, 0.5) is 4.39 Å². The van der Waals surface area contributed by atoms with Crippen LogP contribution in [0.15, 0.2) is 48.5 Å². The van der Waals surface area contributed by atoms with Gasteiger partial charge in [0.25, 0.3) is 10.2 Å². The predicted molar refractivity (Wildman–Crippen MR) is 93.8 cm³/mol. The minimum Gasteiger partial charge on any atom is -0.497 e. The summed E-state index contributed by atoms with van der Waals surface area (Å²) < 4.78 is 47.6. The van der Waals surface area contributed by atoms with E-state index in [1.54, 1.807) is 25.3 Å². The maximum absolute atomic E-state index is 13.9. The summed E-state index contributed by atoms with van der Waals surface area (Å²) in [6.45, 7) is 1.16. The number of hydrogen-bond donors (Lipinski definition) is 0.